The number of benzene rings is 1. The highest BCUT2D eigenvalue weighted by Gasteiger charge is 2.34. The highest BCUT2D eigenvalue weighted by molar-refractivity contribution is 7.15. The van der Waals surface area contributed by atoms with Gasteiger partial charge in [-0.2, -0.15) is 0 Å². The summed E-state index contributed by atoms with van der Waals surface area (Å²) in [6.45, 7) is 0.770. The van der Waals surface area contributed by atoms with Crippen molar-refractivity contribution in [3.8, 4) is 0 Å². The Morgan fingerprint density at radius 1 is 1.32 bits per heavy atom. The Hall–Kier alpha value is -2.64. The highest BCUT2D eigenvalue weighted by Crippen LogP contribution is 2.25. The summed E-state index contributed by atoms with van der Waals surface area (Å²) in [6.07, 6.45) is 4.27. The zero-order valence-electron chi connectivity index (χ0n) is 14.9. The number of carbonyl (C=O) groups excluding carboxylic acids is 2. The standard InChI is InChI=1S/C20H18ClN3O3S/c21-15-5-3-13(4-6-15)8-17-10-22-20(28-17)23-19(26)14-9-18(25)24(11-14)12-16-2-1-7-27-16/h1-7,10,14H,8-9,11-12H2,(H,22,23,26)/t14-/m1/s1. The van der Waals surface area contributed by atoms with Crippen LogP contribution in [0, 0.1) is 5.92 Å². The largest absolute Gasteiger partial charge is 0.467 e. The second-order valence-electron chi connectivity index (χ2n) is 6.68. The summed E-state index contributed by atoms with van der Waals surface area (Å²) in [4.78, 5) is 31.7. The van der Waals surface area contributed by atoms with Crippen molar-refractivity contribution in [2.45, 2.75) is 19.4 Å². The smallest absolute Gasteiger partial charge is 0.231 e. The normalized spacial score (nSPS) is 16.5. The molecule has 0 radical (unpaired) electrons. The zero-order chi connectivity index (χ0) is 19.5. The lowest BCUT2D eigenvalue weighted by molar-refractivity contribution is -0.128. The second kappa shape index (κ2) is 8.16. The first-order chi connectivity index (χ1) is 13.6. The summed E-state index contributed by atoms with van der Waals surface area (Å²) < 4.78 is 5.28. The van der Waals surface area contributed by atoms with Crippen molar-refractivity contribution in [1.82, 2.24) is 9.88 Å². The molecule has 1 atom stereocenters. The van der Waals surface area contributed by atoms with Gasteiger partial charge in [0.1, 0.15) is 5.76 Å². The molecule has 1 aliphatic heterocycles. The molecule has 144 valence electrons. The molecule has 3 aromatic rings. The Labute approximate surface area is 171 Å². The molecule has 0 spiro atoms. The number of aromatic nitrogens is 1. The van der Waals surface area contributed by atoms with Crippen molar-refractivity contribution in [2.75, 3.05) is 11.9 Å². The fourth-order valence-corrected chi connectivity index (χ4v) is 4.12. The minimum atomic E-state index is -0.383. The van der Waals surface area contributed by atoms with E-state index in [2.05, 4.69) is 10.3 Å². The van der Waals surface area contributed by atoms with Crippen LogP contribution in [-0.4, -0.2) is 28.2 Å². The van der Waals surface area contributed by atoms with Crippen LogP contribution < -0.4 is 5.32 Å². The third-order valence-corrected chi connectivity index (χ3v) is 5.75. The molecule has 0 saturated carbocycles. The van der Waals surface area contributed by atoms with E-state index in [1.165, 1.54) is 11.3 Å². The second-order valence-corrected chi connectivity index (χ2v) is 8.23. The van der Waals surface area contributed by atoms with Gasteiger partial charge in [-0.25, -0.2) is 4.98 Å². The SMILES string of the molecule is O=C(Nc1ncc(Cc2ccc(Cl)cc2)s1)[C@@H]1CC(=O)N(Cc2ccco2)C1. The van der Waals surface area contributed by atoms with Gasteiger partial charge in [0.15, 0.2) is 5.13 Å². The molecule has 28 heavy (non-hydrogen) atoms. The predicted octanol–water partition coefficient (Wildman–Crippen LogP) is 3.97. The summed E-state index contributed by atoms with van der Waals surface area (Å²) in [6, 6.07) is 11.2. The maximum absolute atomic E-state index is 12.6. The van der Waals surface area contributed by atoms with Crippen molar-refractivity contribution >= 4 is 39.9 Å². The third-order valence-electron chi connectivity index (χ3n) is 4.59. The molecule has 2 amide bonds. The van der Waals surface area contributed by atoms with Crippen LogP contribution in [0.25, 0.3) is 0 Å². The summed E-state index contributed by atoms with van der Waals surface area (Å²) in [5.41, 5.74) is 1.13. The van der Waals surface area contributed by atoms with Gasteiger partial charge in [-0.05, 0) is 29.8 Å². The van der Waals surface area contributed by atoms with Crippen LogP contribution in [0.1, 0.15) is 22.6 Å². The fourth-order valence-electron chi connectivity index (χ4n) is 3.15. The van der Waals surface area contributed by atoms with Crippen molar-refractivity contribution in [1.29, 1.82) is 0 Å². The van der Waals surface area contributed by atoms with E-state index in [1.807, 2.05) is 30.3 Å². The van der Waals surface area contributed by atoms with Crippen molar-refractivity contribution < 1.29 is 14.0 Å². The van der Waals surface area contributed by atoms with Gasteiger partial charge in [-0.1, -0.05) is 23.7 Å². The van der Waals surface area contributed by atoms with Gasteiger partial charge in [-0.15, -0.1) is 11.3 Å². The number of hydrogen-bond donors (Lipinski definition) is 1. The average Bonchev–Trinajstić information content (AvgIpc) is 3.41. The van der Waals surface area contributed by atoms with E-state index >= 15 is 0 Å². The first-order valence-electron chi connectivity index (χ1n) is 8.87. The van der Waals surface area contributed by atoms with Crippen LogP contribution in [0.5, 0.6) is 0 Å². The molecule has 4 rings (SSSR count). The Morgan fingerprint density at radius 3 is 2.89 bits per heavy atom. The number of nitrogens with zero attached hydrogens (tertiary/aromatic N) is 2. The Bertz CT molecular complexity index is 969. The van der Waals surface area contributed by atoms with Crippen molar-refractivity contribution in [2.24, 2.45) is 5.92 Å². The molecule has 1 saturated heterocycles. The number of nitrogens with one attached hydrogen (secondary N) is 1. The number of amides is 2. The Kier molecular flexibility index (Phi) is 5.45. The molecule has 1 N–H and O–H groups in total. The van der Waals surface area contributed by atoms with Gasteiger partial charge in [0, 0.05) is 35.5 Å². The molecule has 1 aromatic carbocycles. The number of furan rings is 1. The fraction of sp³-hybridized carbons (Fsp3) is 0.250. The van der Waals surface area contributed by atoms with E-state index in [1.54, 1.807) is 23.4 Å². The number of carbonyl (C=O) groups is 2. The number of hydrogen-bond acceptors (Lipinski definition) is 5. The number of thiazole rings is 1. The van der Waals surface area contributed by atoms with Crippen LogP contribution in [0.3, 0.4) is 0 Å². The summed E-state index contributed by atoms with van der Waals surface area (Å²) in [5, 5.41) is 4.09. The molecule has 0 unspecified atom stereocenters. The van der Waals surface area contributed by atoms with Crippen LogP contribution in [0.4, 0.5) is 5.13 Å². The van der Waals surface area contributed by atoms with E-state index in [-0.39, 0.29) is 24.2 Å². The van der Waals surface area contributed by atoms with Crippen LogP contribution >= 0.6 is 22.9 Å². The molecular formula is C20H18ClN3O3S. The third kappa shape index (κ3) is 4.43. The Morgan fingerprint density at radius 2 is 2.14 bits per heavy atom. The van der Waals surface area contributed by atoms with E-state index in [0.29, 0.717) is 29.0 Å². The molecule has 0 bridgehead atoms. The molecule has 0 aliphatic carbocycles. The molecule has 3 heterocycles. The lowest BCUT2D eigenvalue weighted by Crippen LogP contribution is -2.27. The topological polar surface area (TPSA) is 75.4 Å². The lowest BCUT2D eigenvalue weighted by Gasteiger charge is -2.14. The van der Waals surface area contributed by atoms with Gasteiger partial charge >= 0.3 is 0 Å². The summed E-state index contributed by atoms with van der Waals surface area (Å²) in [5.74, 6) is 0.106. The first kappa shape index (κ1) is 18.7. The van der Waals surface area contributed by atoms with E-state index in [0.717, 1.165) is 16.9 Å². The number of halogens is 1. The highest BCUT2D eigenvalue weighted by atomic mass is 35.5. The first-order valence-corrected chi connectivity index (χ1v) is 10.1. The van der Waals surface area contributed by atoms with Gasteiger partial charge in [-0.3, -0.25) is 9.59 Å². The van der Waals surface area contributed by atoms with E-state index < -0.39 is 0 Å². The maximum atomic E-state index is 12.6. The Balaban J connectivity index is 1.33. The minimum Gasteiger partial charge on any atom is -0.467 e. The van der Waals surface area contributed by atoms with Crippen molar-refractivity contribution in [3.05, 3.63) is 70.1 Å². The van der Waals surface area contributed by atoms with Crippen LogP contribution in [0.15, 0.2) is 53.3 Å². The van der Waals surface area contributed by atoms with E-state index in [4.69, 9.17) is 16.0 Å². The number of anilines is 1. The van der Waals surface area contributed by atoms with Gasteiger partial charge in [0.2, 0.25) is 11.8 Å². The van der Waals surface area contributed by atoms with Gasteiger partial charge in [0.05, 0.1) is 18.7 Å². The predicted molar refractivity (Wildman–Crippen MR) is 107 cm³/mol. The number of likely N-dealkylation sites (tertiary alicyclic amines) is 1. The maximum Gasteiger partial charge on any atom is 0.231 e. The zero-order valence-corrected chi connectivity index (χ0v) is 16.5. The number of rotatable bonds is 6. The molecule has 1 aliphatic rings. The molecular weight excluding hydrogens is 398 g/mol. The molecule has 2 aromatic heterocycles. The molecule has 8 heteroatoms. The molecule has 6 nitrogen and oxygen atoms in total. The monoisotopic (exact) mass is 415 g/mol. The molecule has 1 fully saturated rings. The lowest BCUT2D eigenvalue weighted by atomic mass is 10.1. The summed E-state index contributed by atoms with van der Waals surface area (Å²) in [7, 11) is 0. The average molecular weight is 416 g/mol. The van der Waals surface area contributed by atoms with Gasteiger partial charge in [0.25, 0.3) is 0 Å². The van der Waals surface area contributed by atoms with Gasteiger partial charge < -0.3 is 14.6 Å². The van der Waals surface area contributed by atoms with Crippen LogP contribution in [0.2, 0.25) is 5.02 Å². The minimum absolute atomic E-state index is 0.0425. The quantitative estimate of drug-likeness (QED) is 0.661. The van der Waals surface area contributed by atoms with Crippen LogP contribution in [-0.2, 0) is 22.6 Å². The summed E-state index contributed by atoms with van der Waals surface area (Å²) >= 11 is 7.34. The van der Waals surface area contributed by atoms with Crippen molar-refractivity contribution in [3.63, 3.8) is 0 Å². The van der Waals surface area contributed by atoms with E-state index in [9.17, 15) is 9.59 Å².